The molecule has 3 atom stereocenters. The number of halogens is 1. The van der Waals surface area contributed by atoms with E-state index in [9.17, 15) is 13.2 Å². The van der Waals surface area contributed by atoms with Gasteiger partial charge in [-0.25, -0.2) is 8.42 Å². The SMILES string of the molecule is CC1CC(CN)CN1C(=O)C1CCCCN1S(=O)(=O)c1cccs1.Cl. The molecule has 2 N–H and O–H groups in total. The van der Waals surface area contributed by atoms with Crippen LogP contribution >= 0.6 is 23.7 Å². The molecule has 0 aromatic carbocycles. The summed E-state index contributed by atoms with van der Waals surface area (Å²) in [6.07, 6.45) is 3.18. The maximum absolute atomic E-state index is 13.1. The van der Waals surface area contributed by atoms with E-state index in [1.807, 2.05) is 11.8 Å². The molecule has 3 unspecified atom stereocenters. The molecule has 2 saturated heterocycles. The molecular formula is C16H26ClN3O3S2. The number of thiophene rings is 1. The number of piperidine rings is 1. The number of amides is 1. The smallest absolute Gasteiger partial charge is 0.253 e. The number of rotatable bonds is 4. The Kier molecular flexibility index (Phi) is 6.89. The van der Waals surface area contributed by atoms with Gasteiger partial charge in [0.1, 0.15) is 10.3 Å². The highest BCUT2D eigenvalue weighted by atomic mass is 35.5. The third-order valence-electron chi connectivity index (χ3n) is 5.07. The normalized spacial score (nSPS) is 27.9. The fourth-order valence-corrected chi connectivity index (χ4v) is 6.55. The van der Waals surface area contributed by atoms with Crippen LogP contribution in [0.5, 0.6) is 0 Å². The van der Waals surface area contributed by atoms with E-state index in [4.69, 9.17) is 5.73 Å². The highest BCUT2D eigenvalue weighted by molar-refractivity contribution is 7.91. The quantitative estimate of drug-likeness (QED) is 0.826. The van der Waals surface area contributed by atoms with E-state index in [1.165, 1.54) is 15.6 Å². The van der Waals surface area contributed by atoms with Crippen molar-refractivity contribution >= 4 is 39.7 Å². The topological polar surface area (TPSA) is 83.7 Å². The molecule has 3 heterocycles. The summed E-state index contributed by atoms with van der Waals surface area (Å²) in [6.45, 7) is 3.64. The zero-order valence-electron chi connectivity index (χ0n) is 14.3. The predicted molar refractivity (Wildman–Crippen MR) is 101 cm³/mol. The van der Waals surface area contributed by atoms with Crippen molar-refractivity contribution in [3.8, 4) is 0 Å². The van der Waals surface area contributed by atoms with Crippen molar-refractivity contribution in [2.75, 3.05) is 19.6 Å². The average molecular weight is 408 g/mol. The first-order valence-electron chi connectivity index (χ1n) is 8.51. The second-order valence-corrected chi connectivity index (χ2v) is 9.80. The van der Waals surface area contributed by atoms with E-state index in [0.29, 0.717) is 36.2 Å². The molecule has 2 fully saturated rings. The van der Waals surface area contributed by atoms with Crippen LogP contribution in [0.4, 0.5) is 0 Å². The summed E-state index contributed by atoms with van der Waals surface area (Å²) in [5, 5.41) is 1.75. The molecule has 1 amide bonds. The molecule has 0 radical (unpaired) electrons. The molecule has 2 aliphatic rings. The molecule has 1 aromatic rings. The minimum absolute atomic E-state index is 0. The van der Waals surface area contributed by atoms with Crippen molar-refractivity contribution < 1.29 is 13.2 Å². The first-order valence-corrected chi connectivity index (χ1v) is 10.8. The van der Waals surface area contributed by atoms with Gasteiger partial charge in [0.15, 0.2) is 0 Å². The number of hydrogen-bond donors (Lipinski definition) is 1. The highest BCUT2D eigenvalue weighted by Crippen LogP contribution is 2.31. The number of nitrogens with zero attached hydrogens (tertiary/aromatic N) is 2. The van der Waals surface area contributed by atoms with Crippen LogP contribution in [-0.4, -0.2) is 55.2 Å². The van der Waals surface area contributed by atoms with Crippen LogP contribution in [0, 0.1) is 5.92 Å². The van der Waals surface area contributed by atoms with Gasteiger partial charge in [0, 0.05) is 19.1 Å². The minimum Gasteiger partial charge on any atom is -0.338 e. The van der Waals surface area contributed by atoms with Crippen LogP contribution in [0.2, 0.25) is 0 Å². The molecule has 6 nitrogen and oxygen atoms in total. The van der Waals surface area contributed by atoms with Gasteiger partial charge in [-0.1, -0.05) is 12.5 Å². The van der Waals surface area contributed by atoms with Gasteiger partial charge < -0.3 is 10.6 Å². The van der Waals surface area contributed by atoms with E-state index in [0.717, 1.165) is 19.3 Å². The van der Waals surface area contributed by atoms with Crippen LogP contribution < -0.4 is 5.73 Å². The average Bonchev–Trinajstić information content (AvgIpc) is 3.24. The van der Waals surface area contributed by atoms with Crippen molar-refractivity contribution in [3.05, 3.63) is 17.5 Å². The molecule has 9 heteroatoms. The van der Waals surface area contributed by atoms with Crippen molar-refractivity contribution in [1.29, 1.82) is 0 Å². The Morgan fingerprint density at radius 3 is 2.76 bits per heavy atom. The molecule has 0 spiro atoms. The summed E-state index contributed by atoms with van der Waals surface area (Å²) in [5.74, 6) is 0.258. The zero-order chi connectivity index (χ0) is 17.3. The summed E-state index contributed by atoms with van der Waals surface area (Å²) < 4.78 is 27.6. The fraction of sp³-hybridized carbons (Fsp3) is 0.688. The molecule has 2 aliphatic heterocycles. The van der Waals surface area contributed by atoms with E-state index < -0.39 is 16.1 Å². The van der Waals surface area contributed by atoms with Gasteiger partial charge in [0.25, 0.3) is 10.0 Å². The van der Waals surface area contributed by atoms with Gasteiger partial charge >= 0.3 is 0 Å². The lowest BCUT2D eigenvalue weighted by atomic mass is 10.0. The third kappa shape index (κ3) is 4.03. The van der Waals surface area contributed by atoms with E-state index >= 15 is 0 Å². The second kappa shape index (κ2) is 8.35. The second-order valence-electron chi connectivity index (χ2n) is 6.74. The standard InChI is InChI=1S/C16H25N3O3S2.ClH/c1-12-9-13(10-17)11-18(12)16(20)14-5-2-3-7-19(14)24(21,22)15-6-4-8-23-15;/h4,6,8,12-14H,2-3,5,7,9-11,17H2,1H3;1H. The Labute approximate surface area is 159 Å². The Bertz CT molecular complexity index is 681. The van der Waals surface area contributed by atoms with Crippen LogP contribution in [0.25, 0.3) is 0 Å². The summed E-state index contributed by atoms with van der Waals surface area (Å²) in [6, 6.07) is 2.88. The van der Waals surface area contributed by atoms with Gasteiger partial charge in [-0.3, -0.25) is 4.79 Å². The van der Waals surface area contributed by atoms with Crippen LogP contribution in [0.3, 0.4) is 0 Å². The summed E-state index contributed by atoms with van der Waals surface area (Å²) >= 11 is 1.20. The van der Waals surface area contributed by atoms with Gasteiger partial charge in [-0.15, -0.1) is 23.7 Å². The molecular weight excluding hydrogens is 382 g/mol. The van der Waals surface area contributed by atoms with E-state index in [2.05, 4.69) is 0 Å². The van der Waals surface area contributed by atoms with Crippen molar-refractivity contribution in [3.63, 3.8) is 0 Å². The lowest BCUT2D eigenvalue weighted by Crippen LogP contribution is -2.53. The number of carbonyl (C=O) groups excluding carboxylic acids is 1. The van der Waals surface area contributed by atoms with Crippen molar-refractivity contribution in [2.45, 2.75) is 48.9 Å². The molecule has 3 rings (SSSR count). The monoisotopic (exact) mass is 407 g/mol. The first-order chi connectivity index (χ1) is 11.4. The molecule has 142 valence electrons. The maximum atomic E-state index is 13.1. The highest BCUT2D eigenvalue weighted by Gasteiger charge is 2.42. The molecule has 0 saturated carbocycles. The molecule has 1 aromatic heterocycles. The molecule has 0 bridgehead atoms. The van der Waals surface area contributed by atoms with Crippen LogP contribution in [0.15, 0.2) is 21.7 Å². The molecule has 0 aliphatic carbocycles. The van der Waals surface area contributed by atoms with Gasteiger partial charge in [-0.2, -0.15) is 4.31 Å². The Morgan fingerprint density at radius 2 is 2.16 bits per heavy atom. The summed E-state index contributed by atoms with van der Waals surface area (Å²) in [5.41, 5.74) is 5.75. The largest absolute Gasteiger partial charge is 0.338 e. The van der Waals surface area contributed by atoms with Gasteiger partial charge in [-0.05, 0) is 50.1 Å². The minimum atomic E-state index is -3.60. The van der Waals surface area contributed by atoms with E-state index in [-0.39, 0.29) is 24.4 Å². The summed E-state index contributed by atoms with van der Waals surface area (Å²) in [7, 11) is -3.60. The summed E-state index contributed by atoms with van der Waals surface area (Å²) in [4.78, 5) is 14.9. The third-order valence-corrected chi connectivity index (χ3v) is 8.36. The lowest BCUT2D eigenvalue weighted by molar-refractivity contribution is -0.136. The van der Waals surface area contributed by atoms with Crippen LogP contribution in [-0.2, 0) is 14.8 Å². The van der Waals surface area contributed by atoms with Gasteiger partial charge in [0.05, 0.1) is 0 Å². The number of nitrogens with two attached hydrogens (primary N) is 1. The zero-order valence-corrected chi connectivity index (χ0v) is 16.8. The van der Waals surface area contributed by atoms with Crippen molar-refractivity contribution in [1.82, 2.24) is 9.21 Å². The van der Waals surface area contributed by atoms with Crippen molar-refractivity contribution in [2.24, 2.45) is 11.7 Å². The predicted octanol–water partition coefficient (Wildman–Crippen LogP) is 1.91. The Morgan fingerprint density at radius 1 is 1.40 bits per heavy atom. The van der Waals surface area contributed by atoms with Crippen LogP contribution in [0.1, 0.15) is 32.6 Å². The fourth-order valence-electron chi connectivity index (χ4n) is 3.78. The maximum Gasteiger partial charge on any atom is 0.253 e. The number of sulfonamides is 1. The lowest BCUT2D eigenvalue weighted by Gasteiger charge is -2.36. The number of likely N-dealkylation sites (tertiary alicyclic amines) is 1. The Balaban J connectivity index is 0.00000225. The molecule has 25 heavy (non-hydrogen) atoms. The number of carbonyl (C=O) groups is 1. The van der Waals surface area contributed by atoms with Gasteiger partial charge in [0.2, 0.25) is 5.91 Å². The van der Waals surface area contributed by atoms with E-state index in [1.54, 1.807) is 17.5 Å². The first kappa shape index (κ1) is 20.6. The Hall–Kier alpha value is -0.670. The number of hydrogen-bond acceptors (Lipinski definition) is 5.